The Morgan fingerprint density at radius 3 is 2.21 bits per heavy atom. The molecule has 1 N–H and O–H groups in total. The number of fused-ring (bicyclic) bond motifs is 5. The highest BCUT2D eigenvalue weighted by atomic mass is 19.3. The van der Waals surface area contributed by atoms with Crippen LogP contribution in [0.15, 0.2) is 72.8 Å². The predicted octanol–water partition coefficient (Wildman–Crippen LogP) is 6.53. The van der Waals surface area contributed by atoms with Crippen molar-refractivity contribution in [2.24, 2.45) is 0 Å². The van der Waals surface area contributed by atoms with Crippen LogP contribution in [0.2, 0.25) is 0 Å². The van der Waals surface area contributed by atoms with Crippen molar-refractivity contribution in [3.05, 3.63) is 89.5 Å². The minimum absolute atomic E-state index is 0.00403. The van der Waals surface area contributed by atoms with E-state index in [1.807, 2.05) is 35.2 Å². The average Bonchev–Trinajstić information content (AvgIpc) is 3.20. The number of carbonyl (C=O) groups excluding carboxylic acids is 1. The number of halogens is 2. The van der Waals surface area contributed by atoms with Crippen LogP contribution in [-0.2, 0) is 11.2 Å². The molecule has 1 aliphatic carbocycles. The molecule has 2 saturated heterocycles. The molecule has 6 rings (SSSR count). The molecule has 0 radical (unpaired) electrons. The number of piperidine rings is 2. The first-order valence-electron chi connectivity index (χ1n) is 13.3. The smallest absolute Gasteiger partial charge is 0.410 e. The van der Waals surface area contributed by atoms with Crippen LogP contribution in [-0.4, -0.2) is 47.0 Å². The Kier molecular flexibility index (Phi) is 6.56. The normalized spacial score (nSPS) is 24.2. The summed E-state index contributed by atoms with van der Waals surface area (Å²) in [6.07, 6.45) is 3.45. The van der Waals surface area contributed by atoms with E-state index in [1.54, 1.807) is 12.1 Å². The largest absolute Gasteiger partial charge is 0.448 e. The van der Waals surface area contributed by atoms with Gasteiger partial charge < -0.3 is 19.5 Å². The summed E-state index contributed by atoms with van der Waals surface area (Å²) >= 11 is 0. The molecule has 2 atom stereocenters. The number of amides is 1. The summed E-state index contributed by atoms with van der Waals surface area (Å²) < 4.78 is 35.8. The van der Waals surface area contributed by atoms with Crippen molar-refractivity contribution in [1.82, 2.24) is 4.90 Å². The van der Waals surface area contributed by atoms with Gasteiger partial charge in [0, 0.05) is 24.4 Å². The second-order valence-electron chi connectivity index (χ2n) is 10.8. The Labute approximate surface area is 221 Å². The third kappa shape index (κ3) is 4.75. The van der Waals surface area contributed by atoms with Crippen LogP contribution < -0.4 is 4.74 Å². The number of aliphatic hydroxyl groups is 1. The molecule has 2 bridgehead atoms. The van der Waals surface area contributed by atoms with Crippen molar-refractivity contribution in [2.45, 2.75) is 68.7 Å². The maximum absolute atomic E-state index is 13.4. The maximum Gasteiger partial charge on any atom is 0.410 e. The summed E-state index contributed by atoms with van der Waals surface area (Å²) in [5, 5.41) is 11.6. The third-order valence-electron chi connectivity index (χ3n) is 8.30. The highest BCUT2D eigenvalue weighted by molar-refractivity contribution is 5.79. The monoisotopic (exact) mass is 519 g/mol. The molecule has 3 aromatic rings. The Hall–Kier alpha value is -3.45. The number of hydrogen-bond donors (Lipinski definition) is 1. The van der Waals surface area contributed by atoms with Gasteiger partial charge in [-0.25, -0.2) is 4.79 Å². The lowest BCUT2D eigenvalue weighted by molar-refractivity contribution is -0.0840. The molecule has 2 fully saturated rings. The van der Waals surface area contributed by atoms with Crippen LogP contribution in [0.1, 0.15) is 54.7 Å². The summed E-state index contributed by atoms with van der Waals surface area (Å²) in [4.78, 5) is 15.3. The number of carbonyl (C=O) groups is 1. The number of nitrogens with zero attached hydrogens (tertiary/aromatic N) is 1. The summed E-state index contributed by atoms with van der Waals surface area (Å²) in [7, 11) is 0. The van der Waals surface area contributed by atoms with E-state index in [2.05, 4.69) is 29.0 Å². The zero-order valence-corrected chi connectivity index (χ0v) is 21.1. The van der Waals surface area contributed by atoms with Gasteiger partial charge in [0.1, 0.15) is 12.4 Å². The van der Waals surface area contributed by atoms with E-state index in [-0.39, 0.29) is 36.5 Å². The van der Waals surface area contributed by atoms with Crippen molar-refractivity contribution >= 4 is 6.09 Å². The van der Waals surface area contributed by atoms with Crippen LogP contribution in [0.3, 0.4) is 0 Å². The minimum atomic E-state index is -2.90. The van der Waals surface area contributed by atoms with Gasteiger partial charge in [-0.2, -0.15) is 8.78 Å². The fraction of sp³-hybridized carbons (Fsp3) is 0.387. The third-order valence-corrected chi connectivity index (χ3v) is 8.30. The van der Waals surface area contributed by atoms with Crippen molar-refractivity contribution in [1.29, 1.82) is 0 Å². The molecule has 3 aliphatic rings. The summed E-state index contributed by atoms with van der Waals surface area (Å²) in [6, 6.07) is 22.8. The molecule has 0 saturated carbocycles. The molecule has 0 spiro atoms. The number of ether oxygens (including phenoxy) is 2. The van der Waals surface area contributed by atoms with E-state index in [4.69, 9.17) is 4.74 Å². The van der Waals surface area contributed by atoms with Crippen LogP contribution in [0.4, 0.5) is 13.6 Å². The first-order valence-corrected chi connectivity index (χ1v) is 13.3. The summed E-state index contributed by atoms with van der Waals surface area (Å²) in [5.41, 5.74) is 4.43. The average molecular weight is 520 g/mol. The van der Waals surface area contributed by atoms with E-state index in [0.717, 1.165) is 24.8 Å². The van der Waals surface area contributed by atoms with E-state index in [0.29, 0.717) is 19.3 Å². The van der Waals surface area contributed by atoms with Gasteiger partial charge in [-0.1, -0.05) is 60.7 Å². The van der Waals surface area contributed by atoms with Gasteiger partial charge in [0.25, 0.3) is 0 Å². The second kappa shape index (κ2) is 10.0. The van der Waals surface area contributed by atoms with Gasteiger partial charge in [0.05, 0.1) is 5.60 Å². The van der Waals surface area contributed by atoms with E-state index in [1.165, 1.54) is 28.3 Å². The molecular weight excluding hydrogens is 488 g/mol. The van der Waals surface area contributed by atoms with Crippen LogP contribution >= 0.6 is 0 Å². The van der Waals surface area contributed by atoms with E-state index >= 15 is 0 Å². The maximum atomic E-state index is 13.4. The fourth-order valence-corrected chi connectivity index (χ4v) is 6.85. The summed E-state index contributed by atoms with van der Waals surface area (Å²) in [6.45, 7) is -2.63. The molecule has 5 nitrogen and oxygen atoms in total. The number of hydrogen-bond acceptors (Lipinski definition) is 4. The molecule has 38 heavy (non-hydrogen) atoms. The Morgan fingerprint density at radius 1 is 0.947 bits per heavy atom. The Balaban J connectivity index is 1.15. The first kappa shape index (κ1) is 24.9. The van der Waals surface area contributed by atoms with Crippen molar-refractivity contribution in [2.75, 3.05) is 6.61 Å². The number of rotatable bonds is 6. The van der Waals surface area contributed by atoms with Crippen LogP contribution in [0.5, 0.6) is 5.75 Å². The Bertz CT molecular complexity index is 1270. The number of benzene rings is 3. The molecule has 1 amide bonds. The standard InChI is InChI=1S/C31H31F2NO4/c32-29(33)38-23-10-5-7-20(15-23)16-31(36)17-21-8-6-9-22(18-31)34(21)30(35)37-19-28-26-13-3-1-11-24(26)25-12-2-4-14-27(25)28/h1-5,7,10-15,21-22,28-29,36H,6,8-9,16-19H2. The molecular formula is C31H31F2NO4. The van der Waals surface area contributed by atoms with Crippen molar-refractivity contribution in [3.8, 4) is 16.9 Å². The van der Waals surface area contributed by atoms with Crippen molar-refractivity contribution in [3.63, 3.8) is 0 Å². The van der Waals surface area contributed by atoms with Gasteiger partial charge >= 0.3 is 12.7 Å². The highest BCUT2D eigenvalue weighted by Gasteiger charge is 2.48. The quantitative estimate of drug-likeness (QED) is 0.402. The molecule has 7 heteroatoms. The lowest BCUT2D eigenvalue weighted by atomic mass is 9.73. The molecule has 2 unspecified atom stereocenters. The van der Waals surface area contributed by atoms with Crippen molar-refractivity contribution < 1.29 is 28.2 Å². The molecule has 2 heterocycles. The lowest BCUT2D eigenvalue weighted by Crippen LogP contribution is -2.60. The molecule has 2 aliphatic heterocycles. The molecule has 3 aromatic carbocycles. The first-order chi connectivity index (χ1) is 18.4. The van der Waals surface area contributed by atoms with Crippen LogP contribution in [0, 0.1) is 0 Å². The van der Waals surface area contributed by atoms with Gasteiger partial charge in [-0.15, -0.1) is 0 Å². The minimum Gasteiger partial charge on any atom is -0.448 e. The van der Waals surface area contributed by atoms with Gasteiger partial charge in [0.15, 0.2) is 0 Å². The Morgan fingerprint density at radius 2 is 1.58 bits per heavy atom. The number of alkyl halides is 2. The molecule has 198 valence electrons. The van der Waals surface area contributed by atoms with Crippen LogP contribution in [0.25, 0.3) is 11.1 Å². The van der Waals surface area contributed by atoms with Gasteiger partial charge in [0.2, 0.25) is 0 Å². The topological polar surface area (TPSA) is 59.0 Å². The van der Waals surface area contributed by atoms with Gasteiger partial charge in [-0.05, 0) is 72.1 Å². The predicted molar refractivity (Wildman–Crippen MR) is 139 cm³/mol. The lowest BCUT2D eigenvalue weighted by Gasteiger charge is -2.51. The van der Waals surface area contributed by atoms with Gasteiger partial charge in [-0.3, -0.25) is 0 Å². The molecule has 0 aromatic heterocycles. The van der Waals surface area contributed by atoms with E-state index in [9.17, 15) is 18.7 Å². The summed E-state index contributed by atoms with van der Waals surface area (Å²) in [5.74, 6) is 0.0769. The SMILES string of the molecule is O=C(OCC1c2ccccc2-c2ccccc21)N1C2CCCC1CC(O)(Cc1cccc(OC(F)F)c1)C2. The fourth-order valence-electron chi connectivity index (χ4n) is 6.85. The van der Waals surface area contributed by atoms with E-state index < -0.39 is 12.2 Å². The highest BCUT2D eigenvalue weighted by Crippen LogP contribution is 2.45. The second-order valence-corrected chi connectivity index (χ2v) is 10.8. The zero-order valence-electron chi connectivity index (χ0n) is 21.1. The zero-order chi connectivity index (χ0) is 26.3.